The summed E-state index contributed by atoms with van der Waals surface area (Å²) in [5, 5.41) is 11.3. The molecule has 156 valence electrons. The molecule has 1 atom stereocenters. The predicted octanol–water partition coefficient (Wildman–Crippen LogP) is 2.15. The van der Waals surface area contributed by atoms with Gasteiger partial charge in [0.25, 0.3) is 5.91 Å². The Morgan fingerprint density at radius 3 is 2.76 bits per heavy atom. The van der Waals surface area contributed by atoms with Crippen molar-refractivity contribution in [1.29, 1.82) is 0 Å². The fraction of sp³-hybridized carbons (Fsp3) is 0.619. The SMILES string of the molecule is Cc1nc(C(=O)N(C)C)nc(N2CC[C@@H](NCc3cc(C4CCC4)n[nH]3)C2)c1C. The summed E-state index contributed by atoms with van der Waals surface area (Å²) >= 11 is 0. The van der Waals surface area contributed by atoms with Crippen molar-refractivity contribution in [2.45, 2.75) is 58.0 Å². The van der Waals surface area contributed by atoms with Gasteiger partial charge in [0.2, 0.25) is 5.82 Å². The second-order valence-electron chi connectivity index (χ2n) is 8.54. The van der Waals surface area contributed by atoms with Crippen LogP contribution in [0.3, 0.4) is 0 Å². The molecule has 29 heavy (non-hydrogen) atoms. The van der Waals surface area contributed by atoms with E-state index < -0.39 is 0 Å². The van der Waals surface area contributed by atoms with Crippen LogP contribution in [0.4, 0.5) is 5.82 Å². The Labute approximate surface area is 172 Å². The number of hydrogen-bond donors (Lipinski definition) is 2. The number of aromatic nitrogens is 4. The first-order valence-electron chi connectivity index (χ1n) is 10.5. The van der Waals surface area contributed by atoms with Crippen LogP contribution in [0.1, 0.15) is 64.9 Å². The summed E-state index contributed by atoms with van der Waals surface area (Å²) in [4.78, 5) is 25.1. The molecule has 8 heteroatoms. The molecular weight excluding hydrogens is 366 g/mol. The lowest BCUT2D eigenvalue weighted by Gasteiger charge is -2.22. The number of aromatic amines is 1. The lowest BCUT2D eigenvalue weighted by atomic mass is 9.83. The number of aryl methyl sites for hydroxylation is 1. The summed E-state index contributed by atoms with van der Waals surface area (Å²) < 4.78 is 0. The molecule has 0 aromatic carbocycles. The topological polar surface area (TPSA) is 90.0 Å². The number of nitrogens with one attached hydrogen (secondary N) is 2. The fourth-order valence-electron chi connectivity index (χ4n) is 3.97. The van der Waals surface area contributed by atoms with Gasteiger partial charge in [-0.15, -0.1) is 0 Å². The molecule has 4 rings (SSSR count). The molecule has 0 bridgehead atoms. The highest BCUT2D eigenvalue weighted by Gasteiger charge is 2.27. The van der Waals surface area contributed by atoms with Crippen molar-refractivity contribution in [3.63, 3.8) is 0 Å². The normalized spacial score (nSPS) is 19.4. The summed E-state index contributed by atoms with van der Waals surface area (Å²) in [6.07, 6.45) is 4.91. The second kappa shape index (κ2) is 8.10. The third-order valence-corrected chi connectivity index (χ3v) is 6.20. The monoisotopic (exact) mass is 397 g/mol. The molecule has 2 fully saturated rings. The number of hydrogen-bond acceptors (Lipinski definition) is 6. The van der Waals surface area contributed by atoms with Crippen LogP contribution in [0.25, 0.3) is 0 Å². The van der Waals surface area contributed by atoms with Gasteiger partial charge < -0.3 is 15.1 Å². The Hall–Kier alpha value is -2.48. The lowest BCUT2D eigenvalue weighted by Crippen LogP contribution is -2.33. The summed E-state index contributed by atoms with van der Waals surface area (Å²) in [6.45, 7) is 6.56. The van der Waals surface area contributed by atoms with Crippen molar-refractivity contribution in [2.24, 2.45) is 0 Å². The van der Waals surface area contributed by atoms with E-state index in [2.05, 4.69) is 36.4 Å². The van der Waals surface area contributed by atoms with Crippen molar-refractivity contribution >= 4 is 11.7 Å². The summed E-state index contributed by atoms with van der Waals surface area (Å²) in [5.74, 6) is 1.64. The molecular formula is C21H31N7O. The van der Waals surface area contributed by atoms with E-state index in [0.717, 1.165) is 48.8 Å². The Morgan fingerprint density at radius 1 is 1.28 bits per heavy atom. The van der Waals surface area contributed by atoms with Crippen molar-refractivity contribution < 1.29 is 4.79 Å². The molecule has 1 aliphatic carbocycles. The van der Waals surface area contributed by atoms with Crippen molar-refractivity contribution in [1.82, 2.24) is 30.4 Å². The third-order valence-electron chi connectivity index (χ3n) is 6.20. The van der Waals surface area contributed by atoms with Crippen LogP contribution in [0.15, 0.2) is 6.07 Å². The van der Waals surface area contributed by atoms with Gasteiger partial charge in [-0.25, -0.2) is 9.97 Å². The number of H-pyrrole nitrogens is 1. The molecule has 0 spiro atoms. The average Bonchev–Trinajstić information content (AvgIpc) is 3.29. The minimum atomic E-state index is -0.162. The zero-order valence-electron chi connectivity index (χ0n) is 17.8. The number of carbonyl (C=O) groups is 1. The van der Waals surface area contributed by atoms with Gasteiger partial charge in [0.15, 0.2) is 0 Å². The van der Waals surface area contributed by atoms with E-state index in [4.69, 9.17) is 0 Å². The van der Waals surface area contributed by atoms with Crippen LogP contribution in [0.2, 0.25) is 0 Å². The average molecular weight is 398 g/mol. The van der Waals surface area contributed by atoms with Crippen LogP contribution in [-0.4, -0.2) is 64.2 Å². The molecule has 2 aromatic heterocycles. The highest BCUT2D eigenvalue weighted by Crippen LogP contribution is 2.35. The van der Waals surface area contributed by atoms with Gasteiger partial charge in [-0.3, -0.25) is 9.89 Å². The van der Waals surface area contributed by atoms with Gasteiger partial charge >= 0.3 is 0 Å². The van der Waals surface area contributed by atoms with Crippen LogP contribution in [0, 0.1) is 13.8 Å². The zero-order chi connectivity index (χ0) is 20.5. The summed E-state index contributed by atoms with van der Waals surface area (Å²) in [6, 6.07) is 2.59. The van der Waals surface area contributed by atoms with Gasteiger partial charge in [0.1, 0.15) is 5.82 Å². The maximum Gasteiger partial charge on any atom is 0.291 e. The maximum absolute atomic E-state index is 12.3. The molecule has 2 aromatic rings. The van der Waals surface area contributed by atoms with Gasteiger partial charge in [-0.2, -0.15) is 5.10 Å². The molecule has 1 saturated heterocycles. The van der Waals surface area contributed by atoms with Gasteiger partial charge in [-0.05, 0) is 39.2 Å². The molecule has 2 N–H and O–H groups in total. The van der Waals surface area contributed by atoms with E-state index in [0.29, 0.717) is 12.0 Å². The molecule has 8 nitrogen and oxygen atoms in total. The van der Waals surface area contributed by atoms with E-state index in [1.54, 1.807) is 14.1 Å². The predicted molar refractivity (Wildman–Crippen MR) is 112 cm³/mol. The van der Waals surface area contributed by atoms with Gasteiger partial charge in [-0.1, -0.05) is 6.42 Å². The van der Waals surface area contributed by atoms with E-state index >= 15 is 0 Å². The van der Waals surface area contributed by atoms with Crippen molar-refractivity contribution in [3.05, 3.63) is 34.5 Å². The third kappa shape index (κ3) is 4.12. The number of nitrogens with zero attached hydrogens (tertiary/aromatic N) is 5. The molecule has 0 unspecified atom stereocenters. The number of amides is 1. The smallest absolute Gasteiger partial charge is 0.291 e. The van der Waals surface area contributed by atoms with Gasteiger partial charge in [0, 0.05) is 62.6 Å². The van der Waals surface area contributed by atoms with Crippen molar-refractivity contribution in [2.75, 3.05) is 32.1 Å². The molecule has 3 heterocycles. The maximum atomic E-state index is 12.3. The Bertz CT molecular complexity index is 887. The minimum Gasteiger partial charge on any atom is -0.355 e. The standard InChI is InChI=1S/C21H31N7O/c1-13-14(2)23-19(21(29)27(3)4)24-20(13)28-9-8-16(12-28)22-11-17-10-18(26-25-17)15-6-5-7-15/h10,15-16,22H,5-9,11-12H2,1-4H3,(H,25,26)/t16-/m1/s1. The Kier molecular flexibility index (Phi) is 5.54. The number of carbonyl (C=O) groups excluding carboxylic acids is 1. The van der Waals surface area contributed by atoms with Crippen LogP contribution >= 0.6 is 0 Å². The summed E-state index contributed by atoms with van der Waals surface area (Å²) in [7, 11) is 3.45. The van der Waals surface area contributed by atoms with E-state index in [9.17, 15) is 4.79 Å². The number of anilines is 1. The molecule has 2 aliphatic rings. The highest BCUT2D eigenvalue weighted by molar-refractivity contribution is 5.90. The molecule has 1 aliphatic heterocycles. The minimum absolute atomic E-state index is 0.162. The molecule has 0 radical (unpaired) electrons. The zero-order valence-corrected chi connectivity index (χ0v) is 17.8. The molecule has 1 amide bonds. The highest BCUT2D eigenvalue weighted by atomic mass is 16.2. The largest absolute Gasteiger partial charge is 0.355 e. The Morgan fingerprint density at radius 2 is 2.07 bits per heavy atom. The van der Waals surface area contributed by atoms with Crippen molar-refractivity contribution in [3.8, 4) is 0 Å². The molecule has 1 saturated carbocycles. The fourth-order valence-corrected chi connectivity index (χ4v) is 3.97. The lowest BCUT2D eigenvalue weighted by molar-refractivity contribution is 0.0815. The van der Waals surface area contributed by atoms with Crippen LogP contribution < -0.4 is 10.2 Å². The number of rotatable bonds is 6. The quantitative estimate of drug-likeness (QED) is 0.776. The first kappa shape index (κ1) is 19.8. The van der Waals surface area contributed by atoms with E-state index in [-0.39, 0.29) is 11.7 Å². The van der Waals surface area contributed by atoms with E-state index in [1.165, 1.54) is 29.9 Å². The van der Waals surface area contributed by atoms with Crippen LogP contribution in [-0.2, 0) is 6.54 Å². The van der Waals surface area contributed by atoms with Gasteiger partial charge in [0.05, 0.1) is 5.69 Å². The first-order valence-corrected chi connectivity index (χ1v) is 10.5. The first-order chi connectivity index (χ1) is 13.9. The van der Waals surface area contributed by atoms with Crippen LogP contribution in [0.5, 0.6) is 0 Å². The van der Waals surface area contributed by atoms with E-state index in [1.807, 2.05) is 13.8 Å². The Balaban J connectivity index is 1.39. The second-order valence-corrected chi connectivity index (χ2v) is 8.54. The summed E-state index contributed by atoms with van der Waals surface area (Å²) in [5.41, 5.74) is 4.27.